The van der Waals surface area contributed by atoms with E-state index in [2.05, 4.69) is 15.9 Å². The molecule has 0 saturated heterocycles. The van der Waals surface area contributed by atoms with Crippen molar-refractivity contribution in [3.63, 3.8) is 0 Å². The summed E-state index contributed by atoms with van der Waals surface area (Å²) in [5.41, 5.74) is 1.02. The van der Waals surface area contributed by atoms with Gasteiger partial charge in [-0.1, -0.05) is 28.9 Å². The van der Waals surface area contributed by atoms with Crippen LogP contribution < -0.4 is 0 Å². The predicted octanol–water partition coefficient (Wildman–Crippen LogP) is 3.16. The number of hydrogen-bond donors (Lipinski definition) is 0. The third kappa shape index (κ3) is 1.57. The molecule has 1 rings (SSSR count). The Morgan fingerprint density at radius 1 is 1.50 bits per heavy atom. The second-order valence-corrected chi connectivity index (χ2v) is 2.81. The molecule has 1 radical (unpaired) electrons. The van der Waals surface area contributed by atoms with Gasteiger partial charge in [-0.2, -0.15) is 0 Å². The van der Waals surface area contributed by atoms with E-state index in [-0.39, 0.29) is 5.82 Å². The Hall–Kier alpha value is -0.370. The molecule has 0 unspecified atom stereocenters. The van der Waals surface area contributed by atoms with Gasteiger partial charge in [-0.05, 0) is 24.1 Å². The zero-order valence-electron chi connectivity index (χ0n) is 5.57. The summed E-state index contributed by atoms with van der Waals surface area (Å²) in [5, 5.41) is 0. The molecular formula is C8H7BrF. The van der Waals surface area contributed by atoms with E-state index >= 15 is 0 Å². The van der Waals surface area contributed by atoms with Crippen LogP contribution in [0.5, 0.6) is 0 Å². The Bertz CT molecular complexity index is 233. The molecule has 0 bridgehead atoms. The van der Waals surface area contributed by atoms with Crippen LogP contribution in [0, 0.1) is 12.2 Å². The first kappa shape index (κ1) is 7.73. The van der Waals surface area contributed by atoms with Gasteiger partial charge in [-0.3, -0.25) is 0 Å². The van der Waals surface area contributed by atoms with E-state index in [0.717, 1.165) is 10.0 Å². The molecule has 0 spiro atoms. The first-order chi connectivity index (χ1) is 4.74. The maximum Gasteiger partial charge on any atom is 0.124 e. The van der Waals surface area contributed by atoms with Crippen molar-refractivity contribution in [3.05, 3.63) is 40.5 Å². The van der Waals surface area contributed by atoms with Gasteiger partial charge in [-0.25, -0.2) is 4.39 Å². The van der Waals surface area contributed by atoms with E-state index in [4.69, 9.17) is 0 Å². The van der Waals surface area contributed by atoms with Crippen molar-refractivity contribution in [1.29, 1.82) is 0 Å². The first-order valence-electron chi connectivity index (χ1n) is 2.98. The van der Waals surface area contributed by atoms with Crippen LogP contribution in [-0.4, -0.2) is 0 Å². The molecule has 0 aliphatic heterocycles. The van der Waals surface area contributed by atoms with Crippen LogP contribution in [0.15, 0.2) is 22.7 Å². The monoisotopic (exact) mass is 201 g/mol. The highest BCUT2D eigenvalue weighted by Gasteiger charge is 1.97. The molecule has 1 aromatic carbocycles. The highest BCUT2D eigenvalue weighted by atomic mass is 79.9. The van der Waals surface area contributed by atoms with E-state index < -0.39 is 0 Å². The molecule has 1 aromatic rings. The summed E-state index contributed by atoms with van der Waals surface area (Å²) in [6, 6.07) is 4.63. The summed E-state index contributed by atoms with van der Waals surface area (Å²) < 4.78 is 13.2. The summed E-state index contributed by atoms with van der Waals surface area (Å²) in [5.74, 6) is -0.211. The first-order valence-corrected chi connectivity index (χ1v) is 3.78. The van der Waals surface area contributed by atoms with Crippen LogP contribution in [0.25, 0.3) is 0 Å². The van der Waals surface area contributed by atoms with Crippen LogP contribution in [-0.2, 0) is 0 Å². The van der Waals surface area contributed by atoms with Crippen molar-refractivity contribution >= 4 is 15.9 Å². The highest BCUT2D eigenvalue weighted by molar-refractivity contribution is 9.10. The van der Waals surface area contributed by atoms with Gasteiger partial charge in [-0.15, -0.1) is 0 Å². The average molecular weight is 202 g/mol. The summed E-state index contributed by atoms with van der Waals surface area (Å²) in [6.45, 7) is 1.91. The van der Waals surface area contributed by atoms with E-state index in [0.29, 0.717) is 0 Å². The molecule has 0 amide bonds. The molecule has 0 atom stereocenters. The lowest BCUT2D eigenvalue weighted by molar-refractivity contribution is 0.626. The van der Waals surface area contributed by atoms with E-state index in [9.17, 15) is 4.39 Å². The lowest BCUT2D eigenvalue weighted by atomic mass is 10.2. The molecule has 0 N–H and O–H groups in total. The lowest BCUT2D eigenvalue weighted by Gasteiger charge is -1.98. The minimum absolute atomic E-state index is 0.211. The Labute approximate surface area is 68.2 Å². The van der Waals surface area contributed by atoms with Crippen molar-refractivity contribution in [2.24, 2.45) is 0 Å². The second-order valence-electron chi connectivity index (χ2n) is 1.95. The van der Waals surface area contributed by atoms with Gasteiger partial charge in [0.1, 0.15) is 5.82 Å². The summed E-state index contributed by atoms with van der Waals surface area (Å²) in [6.07, 6.45) is 1.92. The molecule has 2 heteroatoms. The number of rotatable bonds is 1. The zero-order chi connectivity index (χ0) is 7.56. The maximum absolute atomic E-state index is 12.4. The van der Waals surface area contributed by atoms with Crippen molar-refractivity contribution < 1.29 is 4.39 Å². The lowest BCUT2D eigenvalue weighted by Crippen LogP contribution is -1.81. The molecule has 0 nitrogen and oxygen atoms in total. The Morgan fingerprint density at radius 3 is 2.70 bits per heavy atom. The van der Waals surface area contributed by atoms with Crippen molar-refractivity contribution in [2.45, 2.75) is 6.92 Å². The third-order valence-corrected chi connectivity index (χ3v) is 1.96. The second kappa shape index (κ2) is 3.15. The van der Waals surface area contributed by atoms with Gasteiger partial charge in [0.15, 0.2) is 0 Å². The fourth-order valence-electron chi connectivity index (χ4n) is 0.736. The number of benzene rings is 1. The highest BCUT2D eigenvalue weighted by Crippen LogP contribution is 2.18. The summed E-state index contributed by atoms with van der Waals surface area (Å²) in [4.78, 5) is 0. The van der Waals surface area contributed by atoms with Gasteiger partial charge < -0.3 is 0 Å². The van der Waals surface area contributed by atoms with Gasteiger partial charge >= 0.3 is 0 Å². The maximum atomic E-state index is 12.4. The van der Waals surface area contributed by atoms with Gasteiger partial charge in [0.05, 0.1) is 0 Å². The minimum Gasteiger partial charge on any atom is -0.207 e. The molecule has 10 heavy (non-hydrogen) atoms. The van der Waals surface area contributed by atoms with Crippen LogP contribution in [0.2, 0.25) is 0 Å². The quantitative estimate of drug-likeness (QED) is 0.656. The van der Waals surface area contributed by atoms with E-state index in [1.54, 1.807) is 6.07 Å². The fraction of sp³-hybridized carbons (Fsp3) is 0.125. The molecule has 0 aromatic heterocycles. The Balaban J connectivity index is 3.07. The van der Waals surface area contributed by atoms with Gasteiger partial charge in [0.2, 0.25) is 0 Å². The Kier molecular flexibility index (Phi) is 2.44. The summed E-state index contributed by atoms with van der Waals surface area (Å²) >= 11 is 3.24. The van der Waals surface area contributed by atoms with Crippen LogP contribution in [0.4, 0.5) is 4.39 Å². The molecule has 0 aliphatic carbocycles. The molecule has 0 saturated carbocycles. The van der Waals surface area contributed by atoms with Gasteiger partial charge in [0.25, 0.3) is 0 Å². The van der Waals surface area contributed by atoms with E-state index in [1.165, 1.54) is 12.1 Å². The molecule has 0 aliphatic rings. The normalized spacial score (nSPS) is 9.90. The molecule has 0 heterocycles. The van der Waals surface area contributed by atoms with Crippen LogP contribution in [0.1, 0.15) is 12.5 Å². The average Bonchev–Trinajstić information content (AvgIpc) is 1.88. The number of halogens is 2. The topological polar surface area (TPSA) is 0 Å². The van der Waals surface area contributed by atoms with Crippen molar-refractivity contribution in [3.8, 4) is 0 Å². The number of hydrogen-bond acceptors (Lipinski definition) is 0. The molecule has 0 fully saturated rings. The van der Waals surface area contributed by atoms with Crippen LogP contribution >= 0.6 is 15.9 Å². The van der Waals surface area contributed by atoms with Crippen molar-refractivity contribution in [2.75, 3.05) is 0 Å². The minimum atomic E-state index is -0.211. The fourth-order valence-corrected chi connectivity index (χ4v) is 1.32. The SMILES string of the molecule is C[CH]c1ccc(F)cc1Br. The molecule has 53 valence electrons. The van der Waals surface area contributed by atoms with E-state index in [1.807, 2.05) is 13.3 Å². The predicted molar refractivity (Wildman–Crippen MR) is 43.2 cm³/mol. The Morgan fingerprint density at radius 2 is 2.20 bits per heavy atom. The summed E-state index contributed by atoms with van der Waals surface area (Å²) in [7, 11) is 0. The van der Waals surface area contributed by atoms with Crippen LogP contribution in [0.3, 0.4) is 0 Å². The van der Waals surface area contributed by atoms with Crippen molar-refractivity contribution in [1.82, 2.24) is 0 Å². The third-order valence-electron chi connectivity index (χ3n) is 1.27. The van der Waals surface area contributed by atoms with Gasteiger partial charge in [0, 0.05) is 4.47 Å². The molecular weight excluding hydrogens is 195 g/mol. The largest absolute Gasteiger partial charge is 0.207 e. The smallest absolute Gasteiger partial charge is 0.124 e. The standard InChI is InChI=1S/C8H7BrF/c1-2-6-3-4-7(10)5-8(6)9/h2-5H,1H3. The zero-order valence-corrected chi connectivity index (χ0v) is 7.15.